The lowest BCUT2D eigenvalue weighted by atomic mass is 9.97. The number of piperidine rings is 1. The Labute approximate surface area is 222 Å². The van der Waals surface area contributed by atoms with Crippen molar-refractivity contribution in [2.75, 3.05) is 26.2 Å². The largest absolute Gasteiger partial charge is 0.508 e. The van der Waals surface area contributed by atoms with Gasteiger partial charge in [-0.15, -0.1) is 0 Å². The second-order valence-corrected chi connectivity index (χ2v) is 11.4. The van der Waals surface area contributed by atoms with Crippen molar-refractivity contribution in [3.63, 3.8) is 0 Å². The summed E-state index contributed by atoms with van der Waals surface area (Å²) in [6, 6.07) is 2.97. The standard InChI is InChI=1S/C29H47N3O5/c1-19(2)16-25(29(36)37-22-8-5-6-9-22)31-13-7-12-30-21-10-14-32(15-11-21)28(35)24-17-23(20(3)4)26(33)18-27(24)34/h17-22,25,30-31,33-34H,5-16H2,1-4H3/t25-/m1/s1. The molecule has 8 heteroatoms. The monoisotopic (exact) mass is 517 g/mol. The van der Waals surface area contributed by atoms with Crippen LogP contribution in [-0.2, 0) is 9.53 Å². The Kier molecular flexibility index (Phi) is 11.1. The summed E-state index contributed by atoms with van der Waals surface area (Å²) < 4.78 is 5.74. The number of hydrogen-bond acceptors (Lipinski definition) is 7. The van der Waals surface area contributed by atoms with Gasteiger partial charge >= 0.3 is 5.97 Å². The van der Waals surface area contributed by atoms with Crippen LogP contribution in [0.1, 0.15) is 101 Å². The first-order valence-electron chi connectivity index (χ1n) is 14.2. The fraction of sp³-hybridized carbons (Fsp3) is 0.724. The maximum atomic E-state index is 13.0. The zero-order valence-electron chi connectivity index (χ0n) is 23.1. The molecule has 2 aliphatic rings. The molecule has 1 heterocycles. The molecule has 1 atom stereocenters. The number of esters is 1. The van der Waals surface area contributed by atoms with E-state index in [0.717, 1.165) is 64.5 Å². The number of amides is 1. The molecule has 208 valence electrons. The van der Waals surface area contributed by atoms with Gasteiger partial charge < -0.3 is 30.5 Å². The van der Waals surface area contributed by atoms with E-state index in [4.69, 9.17) is 4.74 Å². The average molecular weight is 518 g/mol. The van der Waals surface area contributed by atoms with E-state index < -0.39 is 0 Å². The third kappa shape index (κ3) is 8.60. The van der Waals surface area contributed by atoms with E-state index in [-0.39, 0.29) is 47.0 Å². The number of ether oxygens (including phenoxy) is 1. The van der Waals surface area contributed by atoms with Gasteiger partial charge in [0.1, 0.15) is 23.6 Å². The number of carbonyl (C=O) groups is 2. The first-order chi connectivity index (χ1) is 17.7. The maximum absolute atomic E-state index is 13.0. The van der Waals surface area contributed by atoms with Crippen LogP contribution < -0.4 is 10.6 Å². The molecular weight excluding hydrogens is 470 g/mol. The minimum atomic E-state index is -0.248. The van der Waals surface area contributed by atoms with Crippen molar-refractivity contribution in [1.82, 2.24) is 15.5 Å². The van der Waals surface area contributed by atoms with Crippen LogP contribution in [0.4, 0.5) is 0 Å². The number of carbonyl (C=O) groups excluding carboxylic acids is 2. The van der Waals surface area contributed by atoms with Crippen molar-refractivity contribution >= 4 is 11.9 Å². The molecule has 0 bridgehead atoms. The fourth-order valence-corrected chi connectivity index (χ4v) is 5.34. The van der Waals surface area contributed by atoms with E-state index >= 15 is 0 Å². The number of nitrogens with one attached hydrogen (secondary N) is 2. The number of aromatic hydroxyl groups is 2. The van der Waals surface area contributed by atoms with Crippen molar-refractivity contribution in [3.05, 3.63) is 23.3 Å². The van der Waals surface area contributed by atoms with Crippen LogP contribution in [-0.4, -0.2) is 71.4 Å². The van der Waals surface area contributed by atoms with Crippen LogP contribution in [0.15, 0.2) is 12.1 Å². The van der Waals surface area contributed by atoms with Gasteiger partial charge in [-0.25, -0.2) is 0 Å². The Morgan fingerprint density at radius 1 is 1.00 bits per heavy atom. The number of phenols is 2. The molecule has 0 radical (unpaired) electrons. The SMILES string of the molecule is CC(C)C[C@@H](NCCCNC1CCN(C(=O)c2cc(C(C)C)c(O)cc2O)CC1)C(=O)OC1CCCC1. The van der Waals surface area contributed by atoms with Crippen LogP contribution >= 0.6 is 0 Å². The summed E-state index contributed by atoms with van der Waals surface area (Å²) in [5, 5.41) is 27.3. The number of rotatable bonds is 12. The summed E-state index contributed by atoms with van der Waals surface area (Å²) in [6.45, 7) is 11.0. The van der Waals surface area contributed by atoms with Gasteiger partial charge in [-0.1, -0.05) is 27.7 Å². The first kappa shape index (κ1) is 29.2. The van der Waals surface area contributed by atoms with Crippen molar-refractivity contribution in [2.24, 2.45) is 5.92 Å². The fourth-order valence-electron chi connectivity index (χ4n) is 5.34. The Bertz CT molecular complexity index is 890. The van der Waals surface area contributed by atoms with Gasteiger partial charge in [0.05, 0.1) is 5.56 Å². The number of nitrogens with zero attached hydrogens (tertiary/aromatic N) is 1. The maximum Gasteiger partial charge on any atom is 0.323 e. The zero-order chi connectivity index (χ0) is 26.9. The third-order valence-corrected chi connectivity index (χ3v) is 7.53. The van der Waals surface area contributed by atoms with Crippen molar-refractivity contribution in [3.8, 4) is 11.5 Å². The molecule has 1 aliphatic carbocycles. The van der Waals surface area contributed by atoms with Gasteiger partial charge in [0.15, 0.2) is 0 Å². The highest BCUT2D eigenvalue weighted by molar-refractivity contribution is 5.97. The lowest BCUT2D eigenvalue weighted by Crippen LogP contribution is -2.45. The van der Waals surface area contributed by atoms with Gasteiger partial charge in [-0.2, -0.15) is 0 Å². The molecule has 1 aromatic rings. The van der Waals surface area contributed by atoms with Crippen molar-refractivity contribution in [1.29, 1.82) is 0 Å². The minimum Gasteiger partial charge on any atom is -0.508 e. The smallest absolute Gasteiger partial charge is 0.323 e. The number of likely N-dealkylation sites (tertiary alicyclic amines) is 1. The van der Waals surface area contributed by atoms with E-state index in [1.54, 1.807) is 11.0 Å². The first-order valence-corrected chi connectivity index (χ1v) is 14.2. The molecule has 3 rings (SSSR count). The van der Waals surface area contributed by atoms with Gasteiger partial charge in [0.25, 0.3) is 5.91 Å². The molecule has 4 N–H and O–H groups in total. The summed E-state index contributed by atoms with van der Waals surface area (Å²) in [6.07, 6.45) is 7.75. The molecule has 0 aromatic heterocycles. The highest BCUT2D eigenvalue weighted by Gasteiger charge is 2.27. The normalized spacial score (nSPS) is 18.1. The molecule has 1 aliphatic heterocycles. The zero-order valence-corrected chi connectivity index (χ0v) is 23.1. The van der Waals surface area contributed by atoms with Crippen molar-refractivity contribution < 1.29 is 24.5 Å². The summed E-state index contributed by atoms with van der Waals surface area (Å²) in [7, 11) is 0. The summed E-state index contributed by atoms with van der Waals surface area (Å²) in [4.78, 5) is 27.5. The van der Waals surface area contributed by atoms with Crippen molar-refractivity contribution in [2.45, 2.75) is 103 Å². The average Bonchev–Trinajstić information content (AvgIpc) is 3.35. The minimum absolute atomic E-state index is 0.0164. The van der Waals surface area contributed by atoms with Crippen LogP contribution in [0.3, 0.4) is 0 Å². The Balaban J connectivity index is 1.38. The quantitative estimate of drug-likeness (QED) is 0.242. The number of benzene rings is 1. The predicted molar refractivity (Wildman–Crippen MR) is 145 cm³/mol. The summed E-state index contributed by atoms with van der Waals surface area (Å²) in [5.41, 5.74) is 0.912. The van der Waals surface area contributed by atoms with Gasteiger partial charge in [0, 0.05) is 25.2 Å². The number of phenolic OH excluding ortho intramolecular Hbond substituents is 2. The molecule has 0 unspecified atom stereocenters. The Morgan fingerprint density at radius 3 is 2.30 bits per heavy atom. The van der Waals surface area contributed by atoms with Gasteiger partial charge in [0.2, 0.25) is 0 Å². The van der Waals surface area contributed by atoms with E-state index in [2.05, 4.69) is 24.5 Å². The molecular formula is C29H47N3O5. The molecule has 37 heavy (non-hydrogen) atoms. The molecule has 1 saturated carbocycles. The van der Waals surface area contributed by atoms with Crippen LogP contribution in [0.5, 0.6) is 11.5 Å². The van der Waals surface area contributed by atoms with Gasteiger partial charge in [-0.3, -0.25) is 9.59 Å². The lowest BCUT2D eigenvalue weighted by Gasteiger charge is -2.33. The molecule has 1 amide bonds. The second-order valence-electron chi connectivity index (χ2n) is 11.4. The highest BCUT2D eigenvalue weighted by Crippen LogP contribution is 2.33. The van der Waals surface area contributed by atoms with Crippen LogP contribution in [0, 0.1) is 5.92 Å². The van der Waals surface area contributed by atoms with Crippen LogP contribution in [0.25, 0.3) is 0 Å². The molecule has 0 spiro atoms. The molecule has 8 nitrogen and oxygen atoms in total. The topological polar surface area (TPSA) is 111 Å². The lowest BCUT2D eigenvalue weighted by molar-refractivity contribution is -0.151. The van der Waals surface area contributed by atoms with E-state index in [0.29, 0.717) is 30.6 Å². The summed E-state index contributed by atoms with van der Waals surface area (Å²) in [5.74, 6) is 0.00834. The molecule has 1 aromatic carbocycles. The Morgan fingerprint density at radius 2 is 1.68 bits per heavy atom. The summed E-state index contributed by atoms with van der Waals surface area (Å²) >= 11 is 0. The second kappa shape index (κ2) is 14.0. The third-order valence-electron chi connectivity index (χ3n) is 7.53. The molecule has 1 saturated heterocycles. The van der Waals surface area contributed by atoms with E-state index in [1.165, 1.54) is 6.07 Å². The highest BCUT2D eigenvalue weighted by atomic mass is 16.5. The van der Waals surface area contributed by atoms with Crippen LogP contribution in [0.2, 0.25) is 0 Å². The molecule has 2 fully saturated rings. The number of hydrogen-bond donors (Lipinski definition) is 4. The Hall–Kier alpha value is -2.32. The van der Waals surface area contributed by atoms with Gasteiger partial charge in [-0.05, 0) is 87.9 Å². The van der Waals surface area contributed by atoms with E-state index in [1.807, 2.05) is 13.8 Å². The predicted octanol–water partition coefficient (Wildman–Crippen LogP) is 4.30. The van der Waals surface area contributed by atoms with E-state index in [9.17, 15) is 19.8 Å².